The average Bonchev–Trinajstić information content (AvgIpc) is 2.50. The van der Waals surface area contributed by atoms with Crippen LogP contribution in [-0.2, 0) is 33.3 Å². The van der Waals surface area contributed by atoms with Crippen LogP contribution in [-0.4, -0.2) is 63.8 Å². The van der Waals surface area contributed by atoms with E-state index < -0.39 is 0 Å². The molecule has 0 N–H and O–H groups in total. The topological polar surface area (TPSA) is 80.3 Å². The van der Waals surface area contributed by atoms with Crippen LogP contribution in [0.1, 0.15) is 48.0 Å². The Morgan fingerprint density at radius 3 is 1.96 bits per heavy atom. The van der Waals surface area contributed by atoms with Crippen LogP contribution in [0.2, 0.25) is 0 Å². The number of methoxy groups -OCH3 is 1. The molecule has 3 unspecified atom stereocenters. The van der Waals surface area contributed by atoms with Crippen LogP contribution in [0, 0.1) is 0 Å². The van der Waals surface area contributed by atoms with Gasteiger partial charge in [-0.1, -0.05) is 6.92 Å². The molecule has 0 radical (unpaired) electrons. The van der Waals surface area contributed by atoms with E-state index in [1.807, 2.05) is 27.7 Å². The van der Waals surface area contributed by atoms with Gasteiger partial charge in [-0.3, -0.25) is 9.59 Å². The molecule has 0 amide bonds. The van der Waals surface area contributed by atoms with Gasteiger partial charge < -0.3 is 23.7 Å². The van der Waals surface area contributed by atoms with Gasteiger partial charge in [-0.25, -0.2) is 0 Å². The van der Waals surface area contributed by atoms with E-state index in [4.69, 9.17) is 23.7 Å². The van der Waals surface area contributed by atoms with Gasteiger partial charge in [0.15, 0.2) is 0 Å². The second-order valence-electron chi connectivity index (χ2n) is 5.49. The molecule has 0 bridgehead atoms. The molecule has 24 heavy (non-hydrogen) atoms. The number of hydrogen-bond acceptors (Lipinski definition) is 7. The van der Waals surface area contributed by atoms with E-state index in [9.17, 15) is 9.59 Å². The fourth-order valence-corrected chi connectivity index (χ4v) is 1.36. The van der Waals surface area contributed by atoms with Crippen molar-refractivity contribution in [2.75, 3.05) is 33.5 Å². The molecule has 0 aliphatic heterocycles. The first-order valence-electron chi connectivity index (χ1n) is 8.25. The van der Waals surface area contributed by atoms with Crippen LogP contribution in [0.4, 0.5) is 0 Å². The zero-order chi connectivity index (χ0) is 19.0. The molecule has 0 saturated heterocycles. The molecule has 0 fully saturated rings. The lowest BCUT2D eigenvalue weighted by Gasteiger charge is -2.15. The van der Waals surface area contributed by atoms with E-state index in [0.717, 1.165) is 13.0 Å². The van der Waals surface area contributed by atoms with Gasteiger partial charge in [-0.15, -0.1) is 0 Å². The number of hydrogen-bond donors (Lipinski definition) is 0. The summed E-state index contributed by atoms with van der Waals surface area (Å²) < 4.78 is 25.1. The van der Waals surface area contributed by atoms with E-state index in [0.29, 0.717) is 19.8 Å². The van der Waals surface area contributed by atoms with E-state index in [-0.39, 0.29) is 30.3 Å². The number of carbonyl (C=O) groups is 2. The first kappa shape index (κ1) is 25.1. The molecule has 144 valence electrons. The van der Waals surface area contributed by atoms with Crippen molar-refractivity contribution in [1.29, 1.82) is 0 Å². The molecular formula is C17H34O7. The molecule has 7 heteroatoms. The maximum absolute atomic E-state index is 10.4. The Bertz CT molecular complexity index is 320. The molecule has 0 aliphatic carbocycles. The van der Waals surface area contributed by atoms with Gasteiger partial charge in [0.1, 0.15) is 12.7 Å². The third-order valence-electron chi connectivity index (χ3n) is 2.61. The highest BCUT2D eigenvalue weighted by Crippen LogP contribution is 1.96. The summed E-state index contributed by atoms with van der Waals surface area (Å²) >= 11 is 0. The van der Waals surface area contributed by atoms with Crippen molar-refractivity contribution < 1.29 is 33.3 Å². The summed E-state index contributed by atoms with van der Waals surface area (Å²) in [5.74, 6) is -0.534. The van der Waals surface area contributed by atoms with Crippen molar-refractivity contribution in [2.24, 2.45) is 0 Å². The summed E-state index contributed by atoms with van der Waals surface area (Å²) in [6.45, 7) is 12.4. The third-order valence-corrected chi connectivity index (χ3v) is 2.61. The molecule has 0 aliphatic rings. The summed E-state index contributed by atoms with van der Waals surface area (Å²) in [6.07, 6.45) is 0.854. The van der Waals surface area contributed by atoms with Crippen molar-refractivity contribution in [1.82, 2.24) is 0 Å². The fourth-order valence-electron chi connectivity index (χ4n) is 1.36. The smallest absolute Gasteiger partial charge is 0.302 e. The van der Waals surface area contributed by atoms with Crippen LogP contribution in [0.15, 0.2) is 0 Å². The molecular weight excluding hydrogens is 316 g/mol. The fraction of sp³-hybridized carbons (Fsp3) is 0.882. The maximum atomic E-state index is 10.4. The van der Waals surface area contributed by atoms with Gasteiger partial charge in [0.25, 0.3) is 0 Å². The Hall–Kier alpha value is -1.18. The molecule has 0 rings (SSSR count). The van der Waals surface area contributed by atoms with Crippen LogP contribution in [0.3, 0.4) is 0 Å². The lowest BCUT2D eigenvalue weighted by Crippen LogP contribution is -2.23. The first-order valence-corrected chi connectivity index (χ1v) is 8.25. The highest BCUT2D eigenvalue weighted by molar-refractivity contribution is 5.66. The zero-order valence-electron chi connectivity index (χ0n) is 16.1. The standard InChI is InChI=1S/C9H18O4.C8H16O3/c1-7(11-4)5-12-8(2)6-13-9(3)10;1-4-5-10-6-7(2)11-8(3)9/h7-8H,5-6H2,1-4H3;7H,4-6H2,1-3H3. The lowest BCUT2D eigenvalue weighted by molar-refractivity contribution is -0.148. The SMILES string of the molecule is CCCOCC(C)OC(C)=O.COC(C)COC(C)COC(C)=O. The van der Waals surface area contributed by atoms with E-state index in [1.165, 1.54) is 13.8 Å². The third kappa shape index (κ3) is 20.8. The molecule has 7 nitrogen and oxygen atoms in total. The summed E-state index contributed by atoms with van der Waals surface area (Å²) in [5, 5.41) is 0. The highest BCUT2D eigenvalue weighted by atomic mass is 16.6. The largest absolute Gasteiger partial charge is 0.463 e. The lowest BCUT2D eigenvalue weighted by atomic mass is 10.4. The molecule has 0 saturated carbocycles. The average molecular weight is 350 g/mol. The van der Waals surface area contributed by atoms with Crippen LogP contribution in [0.25, 0.3) is 0 Å². The van der Waals surface area contributed by atoms with Gasteiger partial charge >= 0.3 is 11.9 Å². The molecule has 0 aromatic heterocycles. The molecule has 0 heterocycles. The first-order chi connectivity index (χ1) is 11.2. The number of carbonyl (C=O) groups excluding carboxylic acids is 2. The van der Waals surface area contributed by atoms with E-state index >= 15 is 0 Å². The highest BCUT2D eigenvalue weighted by Gasteiger charge is 2.07. The predicted octanol–water partition coefficient (Wildman–Crippen LogP) is 2.35. The van der Waals surface area contributed by atoms with Gasteiger partial charge in [-0.05, 0) is 27.2 Å². The Morgan fingerprint density at radius 1 is 0.875 bits per heavy atom. The van der Waals surface area contributed by atoms with Crippen molar-refractivity contribution in [3.8, 4) is 0 Å². The molecule has 0 aromatic rings. The zero-order valence-corrected chi connectivity index (χ0v) is 16.1. The van der Waals surface area contributed by atoms with Gasteiger partial charge in [0.2, 0.25) is 0 Å². The van der Waals surface area contributed by atoms with Crippen molar-refractivity contribution >= 4 is 11.9 Å². The van der Waals surface area contributed by atoms with E-state index in [1.54, 1.807) is 7.11 Å². The summed E-state index contributed by atoms with van der Waals surface area (Å²) in [7, 11) is 1.63. The van der Waals surface area contributed by atoms with Crippen LogP contribution >= 0.6 is 0 Å². The maximum Gasteiger partial charge on any atom is 0.302 e. The minimum absolute atomic E-state index is 0.0692. The van der Waals surface area contributed by atoms with Crippen molar-refractivity contribution in [3.05, 3.63) is 0 Å². The van der Waals surface area contributed by atoms with Crippen LogP contribution in [0.5, 0.6) is 0 Å². The van der Waals surface area contributed by atoms with Crippen molar-refractivity contribution in [3.63, 3.8) is 0 Å². The minimum atomic E-state index is -0.282. The summed E-state index contributed by atoms with van der Waals surface area (Å²) in [6, 6.07) is 0. The van der Waals surface area contributed by atoms with Gasteiger partial charge in [-0.2, -0.15) is 0 Å². The second kappa shape index (κ2) is 16.7. The molecule has 0 aromatic carbocycles. The summed E-state index contributed by atoms with van der Waals surface area (Å²) in [4.78, 5) is 20.8. The van der Waals surface area contributed by atoms with Crippen molar-refractivity contribution in [2.45, 2.75) is 66.3 Å². The predicted molar refractivity (Wildman–Crippen MR) is 90.9 cm³/mol. The summed E-state index contributed by atoms with van der Waals surface area (Å²) in [5.41, 5.74) is 0. The van der Waals surface area contributed by atoms with E-state index in [2.05, 4.69) is 0 Å². The normalized spacial score (nSPS) is 14.0. The number of esters is 2. The Morgan fingerprint density at radius 2 is 1.50 bits per heavy atom. The molecule has 0 spiro atoms. The van der Waals surface area contributed by atoms with Crippen LogP contribution < -0.4 is 0 Å². The number of rotatable bonds is 11. The second-order valence-corrected chi connectivity index (χ2v) is 5.49. The number of ether oxygens (including phenoxy) is 5. The Balaban J connectivity index is 0. The quantitative estimate of drug-likeness (QED) is 0.418. The van der Waals surface area contributed by atoms with Gasteiger partial charge in [0.05, 0.1) is 25.4 Å². The van der Waals surface area contributed by atoms with Gasteiger partial charge in [0, 0.05) is 27.6 Å². The molecule has 3 atom stereocenters. The minimum Gasteiger partial charge on any atom is -0.463 e. The Labute approximate surface area is 145 Å². The Kier molecular flexibility index (Phi) is 17.4. The monoisotopic (exact) mass is 350 g/mol.